The van der Waals surface area contributed by atoms with Gasteiger partial charge in [0.2, 0.25) is 0 Å². The normalized spacial score (nSPS) is 30.6. The van der Waals surface area contributed by atoms with Gasteiger partial charge in [-0.25, -0.2) is 4.98 Å². The van der Waals surface area contributed by atoms with Gasteiger partial charge in [-0.2, -0.15) is 5.10 Å². The van der Waals surface area contributed by atoms with E-state index in [4.69, 9.17) is 0 Å². The first-order valence-electron chi connectivity index (χ1n) is 8.43. The molecule has 2 aliphatic rings. The standard InChI is InChI=1S/C16H28N4/c1-14-11-15-7-3-4-8-16(15)20(14)10-6-2-5-9-19-13-17-12-18-19/h12-16H,2-11H2,1H3/t14-,15-,16-/m1/s1. The molecule has 0 unspecified atom stereocenters. The first kappa shape index (κ1) is 14.1. The molecule has 0 bridgehead atoms. The average Bonchev–Trinajstić information content (AvgIpc) is 3.06. The maximum atomic E-state index is 4.15. The highest BCUT2D eigenvalue weighted by Crippen LogP contribution is 2.39. The summed E-state index contributed by atoms with van der Waals surface area (Å²) in [6.45, 7) is 4.76. The SMILES string of the molecule is C[C@@H]1C[C@H]2CCCC[C@H]2N1CCCCCn1cncn1. The number of rotatable bonds is 6. The molecule has 2 fully saturated rings. The Bertz CT molecular complexity index is 389. The van der Waals surface area contributed by atoms with E-state index in [9.17, 15) is 0 Å². The van der Waals surface area contributed by atoms with E-state index in [0.717, 1.165) is 24.5 Å². The van der Waals surface area contributed by atoms with E-state index < -0.39 is 0 Å². The van der Waals surface area contributed by atoms with Gasteiger partial charge in [0.15, 0.2) is 0 Å². The van der Waals surface area contributed by atoms with Crippen LogP contribution in [0.4, 0.5) is 0 Å². The van der Waals surface area contributed by atoms with E-state index in [-0.39, 0.29) is 0 Å². The van der Waals surface area contributed by atoms with Crippen LogP contribution in [0.2, 0.25) is 0 Å². The van der Waals surface area contributed by atoms with Crippen molar-refractivity contribution < 1.29 is 0 Å². The number of aromatic nitrogens is 3. The van der Waals surface area contributed by atoms with Crippen molar-refractivity contribution in [1.82, 2.24) is 19.7 Å². The highest BCUT2D eigenvalue weighted by atomic mass is 15.3. The zero-order valence-corrected chi connectivity index (χ0v) is 12.7. The molecule has 1 aromatic rings. The van der Waals surface area contributed by atoms with Crippen molar-refractivity contribution in [3.63, 3.8) is 0 Å². The molecular weight excluding hydrogens is 248 g/mol. The number of nitrogens with zero attached hydrogens (tertiary/aromatic N) is 4. The van der Waals surface area contributed by atoms with Gasteiger partial charge in [0.1, 0.15) is 12.7 Å². The lowest BCUT2D eigenvalue weighted by Crippen LogP contribution is -2.38. The van der Waals surface area contributed by atoms with Crippen molar-refractivity contribution in [3.05, 3.63) is 12.7 Å². The van der Waals surface area contributed by atoms with Crippen molar-refractivity contribution in [2.45, 2.75) is 76.9 Å². The summed E-state index contributed by atoms with van der Waals surface area (Å²) in [5, 5.41) is 4.15. The van der Waals surface area contributed by atoms with E-state index in [1.54, 1.807) is 6.33 Å². The molecule has 1 aliphatic carbocycles. The Labute approximate surface area is 122 Å². The molecule has 0 aromatic carbocycles. The fourth-order valence-corrected chi connectivity index (χ4v) is 4.28. The lowest BCUT2D eigenvalue weighted by atomic mass is 9.85. The summed E-state index contributed by atoms with van der Waals surface area (Å²) in [6, 6.07) is 1.73. The third-order valence-electron chi connectivity index (χ3n) is 5.28. The minimum absolute atomic E-state index is 0.818. The first-order chi connectivity index (χ1) is 9.84. The number of hydrogen-bond donors (Lipinski definition) is 0. The van der Waals surface area contributed by atoms with E-state index in [1.807, 2.05) is 11.0 Å². The van der Waals surface area contributed by atoms with Gasteiger partial charge in [-0.05, 0) is 51.5 Å². The molecule has 3 rings (SSSR count). The van der Waals surface area contributed by atoms with Gasteiger partial charge in [-0.3, -0.25) is 9.58 Å². The number of likely N-dealkylation sites (tertiary alicyclic amines) is 1. The van der Waals surface area contributed by atoms with Gasteiger partial charge in [0, 0.05) is 18.6 Å². The molecule has 4 nitrogen and oxygen atoms in total. The minimum Gasteiger partial charge on any atom is -0.297 e. The monoisotopic (exact) mass is 276 g/mol. The van der Waals surface area contributed by atoms with Crippen molar-refractivity contribution in [2.75, 3.05) is 6.54 Å². The fraction of sp³-hybridized carbons (Fsp3) is 0.875. The molecule has 112 valence electrons. The summed E-state index contributed by atoms with van der Waals surface area (Å²) < 4.78 is 1.94. The van der Waals surface area contributed by atoms with Crippen LogP contribution in [0.25, 0.3) is 0 Å². The molecule has 0 radical (unpaired) electrons. The fourth-order valence-electron chi connectivity index (χ4n) is 4.28. The predicted molar refractivity (Wildman–Crippen MR) is 80.4 cm³/mol. The Morgan fingerprint density at radius 1 is 1.10 bits per heavy atom. The molecule has 4 heteroatoms. The molecule has 1 saturated carbocycles. The second-order valence-corrected chi connectivity index (χ2v) is 6.65. The molecule has 1 aliphatic heterocycles. The first-order valence-corrected chi connectivity index (χ1v) is 8.43. The van der Waals surface area contributed by atoms with Crippen LogP contribution < -0.4 is 0 Å². The zero-order chi connectivity index (χ0) is 13.8. The molecular formula is C16H28N4. The number of aryl methyl sites for hydroxylation is 1. The highest BCUT2D eigenvalue weighted by Gasteiger charge is 2.39. The minimum atomic E-state index is 0.818. The summed E-state index contributed by atoms with van der Waals surface area (Å²) >= 11 is 0. The number of hydrogen-bond acceptors (Lipinski definition) is 3. The topological polar surface area (TPSA) is 34.0 Å². The van der Waals surface area contributed by atoms with Gasteiger partial charge in [0.25, 0.3) is 0 Å². The summed E-state index contributed by atoms with van der Waals surface area (Å²) in [6.07, 6.45) is 14.6. The summed E-state index contributed by atoms with van der Waals surface area (Å²) in [7, 11) is 0. The molecule has 1 saturated heterocycles. The Kier molecular flexibility index (Phi) is 4.71. The van der Waals surface area contributed by atoms with Gasteiger partial charge in [0.05, 0.1) is 0 Å². The van der Waals surface area contributed by atoms with Crippen LogP contribution in [0.5, 0.6) is 0 Å². The second-order valence-electron chi connectivity index (χ2n) is 6.65. The Morgan fingerprint density at radius 3 is 2.80 bits per heavy atom. The maximum absolute atomic E-state index is 4.15. The van der Waals surface area contributed by atoms with Gasteiger partial charge < -0.3 is 0 Å². The van der Waals surface area contributed by atoms with Crippen molar-refractivity contribution in [1.29, 1.82) is 0 Å². The van der Waals surface area contributed by atoms with Gasteiger partial charge in [-0.1, -0.05) is 19.3 Å². The van der Waals surface area contributed by atoms with E-state index in [1.165, 1.54) is 57.9 Å². The largest absolute Gasteiger partial charge is 0.297 e. The summed E-state index contributed by atoms with van der Waals surface area (Å²) in [4.78, 5) is 6.80. The van der Waals surface area contributed by atoms with Gasteiger partial charge in [-0.15, -0.1) is 0 Å². The quantitative estimate of drug-likeness (QED) is 0.749. The lowest BCUT2D eigenvalue weighted by Gasteiger charge is -2.33. The molecule has 0 amide bonds. The smallest absolute Gasteiger partial charge is 0.137 e. The van der Waals surface area contributed by atoms with E-state index in [2.05, 4.69) is 21.9 Å². The number of fused-ring (bicyclic) bond motifs is 1. The molecule has 1 aromatic heterocycles. The Balaban J connectivity index is 1.37. The third kappa shape index (κ3) is 3.22. The van der Waals surface area contributed by atoms with Crippen molar-refractivity contribution in [3.8, 4) is 0 Å². The summed E-state index contributed by atoms with van der Waals surface area (Å²) in [5.41, 5.74) is 0. The second kappa shape index (κ2) is 6.70. The number of unbranched alkanes of at least 4 members (excludes halogenated alkanes) is 2. The lowest BCUT2D eigenvalue weighted by molar-refractivity contribution is 0.153. The third-order valence-corrected chi connectivity index (χ3v) is 5.28. The maximum Gasteiger partial charge on any atom is 0.137 e. The molecule has 3 atom stereocenters. The van der Waals surface area contributed by atoms with Crippen molar-refractivity contribution in [2.24, 2.45) is 5.92 Å². The van der Waals surface area contributed by atoms with Crippen LogP contribution in [0.3, 0.4) is 0 Å². The van der Waals surface area contributed by atoms with Crippen LogP contribution in [-0.4, -0.2) is 38.3 Å². The predicted octanol–water partition coefficient (Wildman–Crippen LogP) is 3.10. The Morgan fingerprint density at radius 2 is 1.95 bits per heavy atom. The molecule has 2 heterocycles. The highest BCUT2D eigenvalue weighted by molar-refractivity contribution is 4.93. The van der Waals surface area contributed by atoms with Crippen LogP contribution in [0.1, 0.15) is 58.3 Å². The van der Waals surface area contributed by atoms with Crippen LogP contribution in [0, 0.1) is 5.92 Å². The van der Waals surface area contributed by atoms with Crippen LogP contribution in [-0.2, 0) is 6.54 Å². The van der Waals surface area contributed by atoms with Gasteiger partial charge >= 0.3 is 0 Å². The van der Waals surface area contributed by atoms with E-state index in [0.29, 0.717) is 0 Å². The van der Waals surface area contributed by atoms with Crippen LogP contribution >= 0.6 is 0 Å². The van der Waals surface area contributed by atoms with Crippen LogP contribution in [0.15, 0.2) is 12.7 Å². The average molecular weight is 276 g/mol. The van der Waals surface area contributed by atoms with Crippen molar-refractivity contribution >= 4 is 0 Å². The molecule has 20 heavy (non-hydrogen) atoms. The zero-order valence-electron chi connectivity index (χ0n) is 12.7. The Hall–Kier alpha value is -0.900. The van der Waals surface area contributed by atoms with E-state index >= 15 is 0 Å². The summed E-state index contributed by atoms with van der Waals surface area (Å²) in [5.74, 6) is 1.01. The molecule has 0 spiro atoms. The molecule has 0 N–H and O–H groups in total.